The van der Waals surface area contributed by atoms with E-state index in [4.69, 9.17) is 0 Å². The number of piperazine rings is 1. The maximum Gasteiger partial charge on any atom is 0.245 e. The van der Waals surface area contributed by atoms with Gasteiger partial charge in [0.25, 0.3) is 0 Å². The van der Waals surface area contributed by atoms with Crippen LogP contribution in [0.1, 0.15) is 5.56 Å². The molecule has 0 aromatic carbocycles. The molecule has 108 valence electrons. The Morgan fingerprint density at radius 1 is 1.35 bits per heavy atom. The predicted octanol–water partition coefficient (Wildman–Crippen LogP) is 0.379. The first-order valence-electron chi connectivity index (χ1n) is 7.19. The van der Waals surface area contributed by atoms with Crippen molar-refractivity contribution in [2.24, 2.45) is 0 Å². The largest absolute Gasteiger partial charge is 0.341 e. The summed E-state index contributed by atoms with van der Waals surface area (Å²) in [6.45, 7) is 8.54. The number of likely N-dealkylation sites (N-methyl/N-ethyl adjacent to an activating group) is 1. The summed E-state index contributed by atoms with van der Waals surface area (Å²) in [4.78, 5) is 9.19. The summed E-state index contributed by atoms with van der Waals surface area (Å²) in [5.74, 6) is 0.797. The van der Waals surface area contributed by atoms with Crippen molar-refractivity contribution in [2.45, 2.75) is 6.92 Å². The second-order valence-electron chi connectivity index (χ2n) is 5.43. The highest BCUT2D eigenvalue weighted by Crippen LogP contribution is 2.10. The fourth-order valence-electron chi connectivity index (χ4n) is 2.46. The number of nitrogens with zero attached hydrogens (tertiary/aromatic N) is 5. The molecule has 0 radical (unpaired) electrons. The number of aromatic nitrogens is 3. The maximum atomic E-state index is 4.58. The number of nitrogens with one attached hydrogen (secondary N) is 1. The molecule has 1 aliphatic rings. The van der Waals surface area contributed by atoms with Crippen LogP contribution in [0.4, 0.5) is 5.95 Å². The van der Waals surface area contributed by atoms with Gasteiger partial charge in [-0.05, 0) is 24.6 Å². The van der Waals surface area contributed by atoms with Crippen molar-refractivity contribution < 1.29 is 0 Å². The van der Waals surface area contributed by atoms with E-state index in [9.17, 15) is 0 Å². The van der Waals surface area contributed by atoms with E-state index in [-0.39, 0.29) is 0 Å². The minimum atomic E-state index is 0.797. The molecule has 0 spiro atoms. The highest BCUT2D eigenvalue weighted by molar-refractivity contribution is 5.46. The zero-order valence-corrected chi connectivity index (χ0v) is 12.2. The van der Waals surface area contributed by atoms with E-state index in [0.717, 1.165) is 50.9 Å². The molecule has 0 amide bonds. The lowest BCUT2D eigenvalue weighted by Gasteiger charge is -2.28. The molecule has 20 heavy (non-hydrogen) atoms. The second kappa shape index (κ2) is 5.76. The minimum absolute atomic E-state index is 0.797. The van der Waals surface area contributed by atoms with Crippen LogP contribution in [0.25, 0.3) is 5.65 Å². The first-order chi connectivity index (χ1) is 9.72. The molecule has 1 saturated heterocycles. The molecule has 0 unspecified atom stereocenters. The summed E-state index contributed by atoms with van der Waals surface area (Å²) in [6.07, 6.45) is 1.96. The number of hydrogen-bond donors (Lipinski definition) is 1. The van der Waals surface area contributed by atoms with Gasteiger partial charge in [-0.3, -0.25) is 4.90 Å². The lowest BCUT2D eigenvalue weighted by Crippen LogP contribution is -2.46. The van der Waals surface area contributed by atoms with Gasteiger partial charge in [0.05, 0.1) is 0 Å². The van der Waals surface area contributed by atoms with Gasteiger partial charge in [0.2, 0.25) is 5.95 Å². The van der Waals surface area contributed by atoms with Crippen LogP contribution in [0, 0.1) is 6.92 Å². The maximum absolute atomic E-state index is 4.58. The van der Waals surface area contributed by atoms with Gasteiger partial charge < -0.3 is 10.2 Å². The monoisotopic (exact) mass is 274 g/mol. The third-order valence-corrected chi connectivity index (χ3v) is 3.78. The van der Waals surface area contributed by atoms with Crippen molar-refractivity contribution in [1.82, 2.24) is 24.8 Å². The Kier molecular flexibility index (Phi) is 3.84. The average Bonchev–Trinajstić information content (AvgIpc) is 2.89. The molecule has 0 bridgehead atoms. The Morgan fingerprint density at radius 3 is 2.95 bits per heavy atom. The predicted molar refractivity (Wildman–Crippen MR) is 80.3 cm³/mol. The van der Waals surface area contributed by atoms with Crippen molar-refractivity contribution in [2.75, 3.05) is 51.2 Å². The smallest absolute Gasteiger partial charge is 0.245 e. The highest BCUT2D eigenvalue weighted by atomic mass is 15.4. The van der Waals surface area contributed by atoms with Gasteiger partial charge in [0, 0.05) is 52.5 Å². The first kappa shape index (κ1) is 13.3. The van der Waals surface area contributed by atoms with Crippen LogP contribution in [0.3, 0.4) is 0 Å². The average molecular weight is 274 g/mol. The molecule has 1 aliphatic heterocycles. The van der Waals surface area contributed by atoms with Crippen LogP contribution < -0.4 is 10.2 Å². The fourth-order valence-corrected chi connectivity index (χ4v) is 2.46. The Bertz CT molecular complexity index is 572. The van der Waals surface area contributed by atoms with Crippen LogP contribution in [0.2, 0.25) is 0 Å². The molecule has 0 saturated carbocycles. The summed E-state index contributed by atoms with van der Waals surface area (Å²) >= 11 is 0. The highest BCUT2D eigenvalue weighted by Gasteiger charge is 2.12. The third kappa shape index (κ3) is 2.91. The van der Waals surface area contributed by atoms with E-state index in [1.807, 2.05) is 16.8 Å². The Morgan fingerprint density at radius 2 is 2.15 bits per heavy atom. The van der Waals surface area contributed by atoms with E-state index in [1.54, 1.807) is 0 Å². The normalized spacial score (nSPS) is 16.7. The van der Waals surface area contributed by atoms with Crippen LogP contribution in [-0.4, -0.2) is 65.8 Å². The van der Waals surface area contributed by atoms with Gasteiger partial charge in [-0.15, -0.1) is 5.10 Å². The summed E-state index contributed by atoms with van der Waals surface area (Å²) in [5, 5.41) is 7.89. The molecule has 6 heteroatoms. The zero-order chi connectivity index (χ0) is 13.9. The van der Waals surface area contributed by atoms with Crippen molar-refractivity contribution in [3.63, 3.8) is 0 Å². The van der Waals surface area contributed by atoms with Crippen molar-refractivity contribution in [3.05, 3.63) is 23.9 Å². The molecule has 0 aliphatic carbocycles. The van der Waals surface area contributed by atoms with Crippen LogP contribution in [-0.2, 0) is 0 Å². The summed E-state index contributed by atoms with van der Waals surface area (Å²) in [6, 6.07) is 4.10. The molecule has 1 N–H and O–H groups in total. The van der Waals surface area contributed by atoms with Crippen molar-refractivity contribution >= 4 is 11.6 Å². The number of hydrogen-bond acceptors (Lipinski definition) is 5. The number of anilines is 1. The third-order valence-electron chi connectivity index (χ3n) is 3.78. The van der Waals surface area contributed by atoms with E-state index in [1.165, 1.54) is 5.56 Å². The lowest BCUT2D eigenvalue weighted by molar-refractivity contribution is 0.246. The first-order valence-corrected chi connectivity index (χ1v) is 7.19. The minimum Gasteiger partial charge on any atom is -0.341 e. The Labute approximate surface area is 119 Å². The zero-order valence-electron chi connectivity index (χ0n) is 12.2. The van der Waals surface area contributed by atoms with Gasteiger partial charge >= 0.3 is 0 Å². The summed E-state index contributed by atoms with van der Waals surface area (Å²) < 4.78 is 1.84. The Balaban J connectivity index is 1.64. The molecule has 3 heterocycles. The van der Waals surface area contributed by atoms with Crippen LogP contribution in [0.15, 0.2) is 18.3 Å². The van der Waals surface area contributed by atoms with E-state index in [2.05, 4.69) is 45.2 Å². The molecule has 2 aromatic heterocycles. The molecule has 2 aromatic rings. The molecule has 0 atom stereocenters. The quantitative estimate of drug-likeness (QED) is 0.873. The fraction of sp³-hybridized carbons (Fsp3) is 0.571. The molecule has 3 rings (SSSR count). The number of aryl methyl sites for hydroxylation is 1. The second-order valence-corrected chi connectivity index (χ2v) is 5.43. The molecule has 6 nitrogen and oxygen atoms in total. The molecular formula is C14H22N6. The number of rotatable bonds is 4. The van der Waals surface area contributed by atoms with Gasteiger partial charge in [-0.1, -0.05) is 0 Å². The van der Waals surface area contributed by atoms with Gasteiger partial charge in [-0.2, -0.15) is 4.98 Å². The van der Waals surface area contributed by atoms with Crippen molar-refractivity contribution in [1.29, 1.82) is 0 Å². The number of pyridine rings is 1. The molecular weight excluding hydrogens is 252 g/mol. The van der Waals surface area contributed by atoms with E-state index < -0.39 is 0 Å². The van der Waals surface area contributed by atoms with E-state index >= 15 is 0 Å². The van der Waals surface area contributed by atoms with Crippen molar-refractivity contribution in [3.8, 4) is 0 Å². The molecule has 1 fully saturated rings. The number of fused-ring (bicyclic) bond motifs is 1. The lowest BCUT2D eigenvalue weighted by atomic mass is 10.3. The van der Waals surface area contributed by atoms with Gasteiger partial charge in [0.1, 0.15) is 0 Å². The van der Waals surface area contributed by atoms with Crippen LogP contribution in [0.5, 0.6) is 0 Å². The van der Waals surface area contributed by atoms with E-state index in [0.29, 0.717) is 0 Å². The van der Waals surface area contributed by atoms with Crippen LogP contribution >= 0.6 is 0 Å². The topological polar surface area (TPSA) is 48.7 Å². The van der Waals surface area contributed by atoms with Gasteiger partial charge in [-0.25, -0.2) is 4.52 Å². The Hall–Kier alpha value is -1.66. The summed E-state index contributed by atoms with van der Waals surface area (Å²) in [7, 11) is 2.06. The standard InChI is InChI=1S/C14H22N6/c1-12-3-6-20-13(11-12)16-14(17-20)18(2)9-10-19-7-4-15-5-8-19/h3,6,11,15H,4-5,7-10H2,1-2H3. The van der Waals surface area contributed by atoms with Gasteiger partial charge in [0.15, 0.2) is 5.65 Å². The summed E-state index contributed by atoms with van der Waals surface area (Å²) in [5.41, 5.74) is 2.12. The SMILES string of the molecule is Cc1ccn2nc(N(C)CCN3CCNCC3)nc2c1.